The topological polar surface area (TPSA) is 99.2 Å². The van der Waals surface area contributed by atoms with Crippen molar-refractivity contribution in [3.63, 3.8) is 0 Å². The highest BCUT2D eigenvalue weighted by Gasteiger charge is 2.55. The molecule has 4 rings (SSSR count). The Hall–Kier alpha value is -1.88. The molecule has 0 radical (unpaired) electrons. The first-order chi connectivity index (χ1) is 14.0. The van der Waals surface area contributed by atoms with Gasteiger partial charge >= 0.3 is 12.1 Å². The number of halogens is 3. The van der Waals surface area contributed by atoms with Gasteiger partial charge in [-0.2, -0.15) is 13.2 Å². The number of carbonyl (C=O) groups excluding carboxylic acids is 2. The molecular formula is C19H28F3N3O5. The molecule has 3 unspecified atom stereocenters. The monoisotopic (exact) mass is 435 g/mol. The largest absolute Gasteiger partial charge is 0.490 e. The summed E-state index contributed by atoms with van der Waals surface area (Å²) in [5, 5.41) is 9.88. The quantitative estimate of drug-likeness (QED) is 0.675. The van der Waals surface area contributed by atoms with Crippen LogP contribution < -0.4 is 5.32 Å². The Bertz CT molecular complexity index is 691. The van der Waals surface area contributed by atoms with Gasteiger partial charge in [-0.25, -0.2) is 4.79 Å². The van der Waals surface area contributed by atoms with Gasteiger partial charge in [0, 0.05) is 26.1 Å². The number of hydrogen-bond donors (Lipinski definition) is 2. The Balaban J connectivity index is 0.000000318. The Labute approximate surface area is 172 Å². The van der Waals surface area contributed by atoms with E-state index in [9.17, 15) is 22.8 Å². The van der Waals surface area contributed by atoms with E-state index in [2.05, 4.69) is 17.1 Å². The fourth-order valence-electron chi connectivity index (χ4n) is 4.02. The zero-order chi connectivity index (χ0) is 22.3. The summed E-state index contributed by atoms with van der Waals surface area (Å²) < 4.78 is 37.8. The molecule has 2 heterocycles. The average Bonchev–Trinajstić information content (AvgIpc) is 3.56. The van der Waals surface area contributed by atoms with E-state index in [4.69, 9.17) is 14.6 Å². The van der Waals surface area contributed by atoms with Gasteiger partial charge in [0.15, 0.2) is 0 Å². The van der Waals surface area contributed by atoms with Crippen LogP contribution in [0.5, 0.6) is 0 Å². The van der Waals surface area contributed by atoms with Crippen LogP contribution in [0.1, 0.15) is 26.2 Å². The molecule has 3 atom stereocenters. The van der Waals surface area contributed by atoms with E-state index in [-0.39, 0.29) is 23.5 Å². The number of amides is 2. The number of nitrogens with zero attached hydrogens (tertiary/aromatic N) is 2. The molecule has 8 nitrogen and oxygen atoms in total. The smallest absolute Gasteiger partial charge is 0.475 e. The first-order valence-electron chi connectivity index (χ1n) is 10.1. The number of ether oxygens (including phenoxy) is 1. The lowest BCUT2D eigenvalue weighted by molar-refractivity contribution is -0.205. The maximum absolute atomic E-state index is 12.3. The first-order valence-corrected chi connectivity index (χ1v) is 10.1. The lowest BCUT2D eigenvalue weighted by Crippen LogP contribution is -2.74. The van der Waals surface area contributed by atoms with Crippen LogP contribution >= 0.6 is 0 Å². The van der Waals surface area contributed by atoms with Crippen LogP contribution in [0.25, 0.3) is 0 Å². The maximum Gasteiger partial charge on any atom is 0.490 e. The van der Waals surface area contributed by atoms with Crippen molar-refractivity contribution in [1.29, 1.82) is 0 Å². The highest BCUT2D eigenvalue weighted by molar-refractivity contribution is 5.83. The van der Waals surface area contributed by atoms with Crippen LogP contribution in [0, 0.1) is 17.8 Å². The standard InChI is InChI=1S/C17H27N3O3.C2HF3O2/c1-11-5-13(11)16(22)20-9-17(10-20)8-19(6-12-3-4-12)14(7-23-17)15(21)18-2;3-2(4,5)1(6)7/h11-14H,3-10H2,1-2H3,(H,18,21);(H,6,7). The van der Waals surface area contributed by atoms with Crippen molar-refractivity contribution in [3.05, 3.63) is 0 Å². The molecule has 1 spiro atoms. The van der Waals surface area contributed by atoms with Gasteiger partial charge in [0.2, 0.25) is 11.8 Å². The highest BCUT2D eigenvalue weighted by Crippen LogP contribution is 2.42. The van der Waals surface area contributed by atoms with Gasteiger partial charge in [0.05, 0.1) is 19.7 Å². The van der Waals surface area contributed by atoms with Gasteiger partial charge in [0.25, 0.3) is 0 Å². The van der Waals surface area contributed by atoms with E-state index in [0.29, 0.717) is 31.5 Å². The molecule has 0 aromatic heterocycles. The SMILES string of the molecule is CNC(=O)C1COC2(CN(C(=O)C3CC3C)C2)CN1CC1CC1.O=C(O)C(F)(F)F. The molecule has 2 aliphatic heterocycles. The van der Waals surface area contributed by atoms with Crippen molar-refractivity contribution in [1.82, 2.24) is 15.1 Å². The van der Waals surface area contributed by atoms with Crippen molar-refractivity contribution in [3.8, 4) is 0 Å². The Morgan fingerprint density at radius 3 is 2.20 bits per heavy atom. The highest BCUT2D eigenvalue weighted by atomic mass is 19.4. The number of morpholine rings is 1. The van der Waals surface area contributed by atoms with E-state index in [1.807, 2.05) is 4.90 Å². The number of carboxylic acid groups (broad SMARTS) is 1. The molecule has 2 amide bonds. The summed E-state index contributed by atoms with van der Waals surface area (Å²) >= 11 is 0. The number of likely N-dealkylation sites (N-methyl/N-ethyl adjacent to an activating group) is 1. The molecule has 2 saturated heterocycles. The number of carboxylic acids is 1. The maximum atomic E-state index is 12.3. The van der Waals surface area contributed by atoms with Gasteiger partial charge in [-0.3, -0.25) is 14.5 Å². The molecular weight excluding hydrogens is 407 g/mol. The van der Waals surface area contributed by atoms with E-state index >= 15 is 0 Å². The summed E-state index contributed by atoms with van der Waals surface area (Å²) in [6, 6.07) is -0.181. The van der Waals surface area contributed by atoms with Gasteiger partial charge in [-0.05, 0) is 31.1 Å². The van der Waals surface area contributed by atoms with Crippen molar-refractivity contribution in [2.75, 3.05) is 39.8 Å². The average molecular weight is 435 g/mol. The van der Waals surface area contributed by atoms with Gasteiger partial charge in [-0.15, -0.1) is 0 Å². The number of hydrogen-bond acceptors (Lipinski definition) is 5. The minimum atomic E-state index is -5.08. The third-order valence-electron chi connectivity index (χ3n) is 6.16. The molecule has 170 valence electrons. The third-order valence-corrected chi connectivity index (χ3v) is 6.16. The second kappa shape index (κ2) is 8.33. The summed E-state index contributed by atoms with van der Waals surface area (Å²) in [5.74, 6) is -0.879. The van der Waals surface area contributed by atoms with Crippen LogP contribution in [0.2, 0.25) is 0 Å². The van der Waals surface area contributed by atoms with Crippen molar-refractivity contribution in [2.24, 2.45) is 17.8 Å². The normalized spacial score (nSPS) is 30.0. The number of alkyl halides is 3. The van der Waals surface area contributed by atoms with Crippen LogP contribution in [0.3, 0.4) is 0 Å². The predicted octanol–water partition coefficient (Wildman–Crippen LogP) is 0.713. The molecule has 0 bridgehead atoms. The molecule has 30 heavy (non-hydrogen) atoms. The number of likely N-dealkylation sites (tertiary alicyclic amines) is 1. The van der Waals surface area contributed by atoms with Gasteiger partial charge < -0.3 is 20.1 Å². The van der Waals surface area contributed by atoms with Crippen LogP contribution in [0.15, 0.2) is 0 Å². The van der Waals surface area contributed by atoms with E-state index < -0.39 is 12.1 Å². The molecule has 2 saturated carbocycles. The first kappa shape index (κ1) is 22.8. The lowest BCUT2D eigenvalue weighted by Gasteiger charge is -2.55. The molecule has 11 heteroatoms. The predicted molar refractivity (Wildman–Crippen MR) is 98.4 cm³/mol. The molecule has 2 aliphatic carbocycles. The minimum Gasteiger partial charge on any atom is -0.475 e. The third kappa shape index (κ3) is 5.23. The number of aliphatic carboxylic acids is 1. The summed E-state index contributed by atoms with van der Waals surface area (Å²) in [4.78, 5) is 37.5. The number of nitrogens with one attached hydrogen (secondary N) is 1. The Morgan fingerprint density at radius 1 is 1.20 bits per heavy atom. The Kier molecular flexibility index (Phi) is 6.33. The van der Waals surface area contributed by atoms with Crippen LogP contribution in [0.4, 0.5) is 13.2 Å². The minimum absolute atomic E-state index is 0.0413. The number of rotatable bonds is 4. The van der Waals surface area contributed by atoms with Crippen molar-refractivity contribution in [2.45, 2.75) is 44.0 Å². The molecule has 2 N–H and O–H groups in total. The summed E-state index contributed by atoms with van der Waals surface area (Å²) in [7, 11) is 1.68. The zero-order valence-electron chi connectivity index (χ0n) is 17.1. The fraction of sp³-hybridized carbons (Fsp3) is 0.842. The summed E-state index contributed by atoms with van der Waals surface area (Å²) in [6.45, 7) is 5.71. The Morgan fingerprint density at radius 2 is 1.77 bits per heavy atom. The van der Waals surface area contributed by atoms with Gasteiger partial charge in [-0.1, -0.05) is 6.92 Å². The molecule has 0 aromatic carbocycles. The molecule has 0 aromatic rings. The molecule has 4 aliphatic rings. The second-order valence-corrected chi connectivity index (χ2v) is 8.81. The van der Waals surface area contributed by atoms with Crippen LogP contribution in [-0.4, -0.2) is 90.3 Å². The van der Waals surface area contributed by atoms with Crippen molar-refractivity contribution < 1.29 is 37.4 Å². The fourth-order valence-corrected chi connectivity index (χ4v) is 4.02. The second-order valence-electron chi connectivity index (χ2n) is 8.81. The summed E-state index contributed by atoms with van der Waals surface area (Å²) in [6.07, 6.45) is -1.50. The zero-order valence-corrected chi connectivity index (χ0v) is 17.1. The van der Waals surface area contributed by atoms with Gasteiger partial charge in [0.1, 0.15) is 11.6 Å². The van der Waals surface area contributed by atoms with E-state index in [1.165, 1.54) is 12.8 Å². The van der Waals surface area contributed by atoms with Crippen LogP contribution in [-0.2, 0) is 19.1 Å². The van der Waals surface area contributed by atoms with E-state index in [1.54, 1.807) is 7.05 Å². The van der Waals surface area contributed by atoms with Crippen molar-refractivity contribution >= 4 is 17.8 Å². The molecule has 4 fully saturated rings. The van der Waals surface area contributed by atoms with E-state index in [0.717, 1.165) is 25.4 Å². The number of carbonyl (C=O) groups is 3. The lowest BCUT2D eigenvalue weighted by atomic mass is 9.89. The summed E-state index contributed by atoms with van der Waals surface area (Å²) in [5.41, 5.74) is -0.243.